The maximum atomic E-state index is 5.81. The molecule has 0 amide bonds. The monoisotopic (exact) mass is 270 g/mol. The first-order chi connectivity index (χ1) is 6.97. The molecule has 0 atom stereocenters. The molecule has 1 aromatic carbocycles. The number of alkyl halides is 1. The number of hydrogen-bond donors (Lipinski definition) is 0. The molecule has 84 valence electrons. The SMILES string of the molecule is CC(C)Oc1ccccc1C(C)(C)CBr. The lowest BCUT2D eigenvalue weighted by Gasteiger charge is -2.26. The molecule has 0 spiro atoms. The highest BCUT2D eigenvalue weighted by atomic mass is 79.9. The van der Waals surface area contributed by atoms with Crippen LogP contribution in [-0.4, -0.2) is 11.4 Å². The zero-order valence-corrected chi connectivity index (χ0v) is 11.5. The molecular weight excluding hydrogens is 252 g/mol. The topological polar surface area (TPSA) is 9.23 Å². The highest BCUT2D eigenvalue weighted by molar-refractivity contribution is 9.09. The molecule has 0 saturated heterocycles. The third-order valence-corrected chi connectivity index (χ3v) is 3.71. The summed E-state index contributed by atoms with van der Waals surface area (Å²) in [6, 6.07) is 8.26. The Labute approximate surface area is 101 Å². The number of ether oxygens (including phenoxy) is 1. The first-order valence-corrected chi connectivity index (χ1v) is 6.41. The molecule has 2 heteroatoms. The average molecular weight is 271 g/mol. The Balaban J connectivity index is 3.06. The zero-order valence-electron chi connectivity index (χ0n) is 9.88. The number of para-hydroxylation sites is 1. The van der Waals surface area contributed by atoms with Crippen molar-refractivity contribution in [3.05, 3.63) is 29.8 Å². The van der Waals surface area contributed by atoms with E-state index >= 15 is 0 Å². The Morgan fingerprint density at radius 2 is 1.87 bits per heavy atom. The van der Waals surface area contributed by atoms with Crippen molar-refractivity contribution in [2.75, 3.05) is 5.33 Å². The smallest absolute Gasteiger partial charge is 0.123 e. The molecule has 0 fully saturated rings. The van der Waals surface area contributed by atoms with Crippen LogP contribution < -0.4 is 4.74 Å². The van der Waals surface area contributed by atoms with Crippen molar-refractivity contribution in [1.29, 1.82) is 0 Å². The van der Waals surface area contributed by atoms with Gasteiger partial charge in [0.05, 0.1) is 6.10 Å². The van der Waals surface area contributed by atoms with Gasteiger partial charge >= 0.3 is 0 Å². The lowest BCUT2D eigenvalue weighted by molar-refractivity contribution is 0.237. The minimum atomic E-state index is 0.103. The van der Waals surface area contributed by atoms with E-state index in [1.54, 1.807) is 0 Å². The summed E-state index contributed by atoms with van der Waals surface area (Å²) in [7, 11) is 0. The van der Waals surface area contributed by atoms with Gasteiger partial charge in [-0.1, -0.05) is 48.0 Å². The van der Waals surface area contributed by atoms with Gasteiger partial charge in [-0.2, -0.15) is 0 Å². The molecule has 0 aromatic heterocycles. The fourth-order valence-electron chi connectivity index (χ4n) is 1.45. The van der Waals surface area contributed by atoms with E-state index in [1.165, 1.54) is 5.56 Å². The van der Waals surface area contributed by atoms with E-state index in [9.17, 15) is 0 Å². The second kappa shape index (κ2) is 5.02. The van der Waals surface area contributed by atoms with E-state index in [1.807, 2.05) is 12.1 Å². The summed E-state index contributed by atoms with van der Waals surface area (Å²) in [4.78, 5) is 0. The maximum absolute atomic E-state index is 5.81. The Morgan fingerprint density at radius 1 is 1.27 bits per heavy atom. The molecule has 0 radical (unpaired) electrons. The molecule has 1 aromatic rings. The Morgan fingerprint density at radius 3 is 2.40 bits per heavy atom. The minimum absolute atomic E-state index is 0.103. The third-order valence-electron chi connectivity index (χ3n) is 2.31. The van der Waals surface area contributed by atoms with Crippen LogP contribution in [0.1, 0.15) is 33.3 Å². The van der Waals surface area contributed by atoms with Crippen molar-refractivity contribution in [2.24, 2.45) is 0 Å². The van der Waals surface area contributed by atoms with E-state index in [4.69, 9.17) is 4.74 Å². The number of halogens is 1. The van der Waals surface area contributed by atoms with Crippen LogP contribution in [0, 0.1) is 0 Å². The molecule has 0 heterocycles. The summed E-state index contributed by atoms with van der Waals surface area (Å²) in [6.45, 7) is 8.53. The van der Waals surface area contributed by atoms with Crippen molar-refractivity contribution in [3.63, 3.8) is 0 Å². The van der Waals surface area contributed by atoms with Gasteiger partial charge in [0.15, 0.2) is 0 Å². The molecule has 1 rings (SSSR count). The van der Waals surface area contributed by atoms with E-state index < -0.39 is 0 Å². The fourth-order valence-corrected chi connectivity index (χ4v) is 1.76. The van der Waals surface area contributed by atoms with Crippen LogP contribution in [0.4, 0.5) is 0 Å². The van der Waals surface area contributed by atoms with Crippen LogP contribution in [0.2, 0.25) is 0 Å². The van der Waals surface area contributed by atoms with E-state index in [2.05, 4.69) is 55.8 Å². The van der Waals surface area contributed by atoms with Crippen LogP contribution in [-0.2, 0) is 5.41 Å². The van der Waals surface area contributed by atoms with Gasteiger partial charge in [-0.3, -0.25) is 0 Å². The van der Waals surface area contributed by atoms with Crippen LogP contribution >= 0.6 is 15.9 Å². The molecule has 0 bridgehead atoms. The van der Waals surface area contributed by atoms with Gasteiger partial charge in [0, 0.05) is 16.3 Å². The second-order valence-electron chi connectivity index (χ2n) is 4.68. The van der Waals surface area contributed by atoms with Crippen molar-refractivity contribution >= 4 is 15.9 Å². The summed E-state index contributed by atoms with van der Waals surface area (Å²) < 4.78 is 5.81. The number of hydrogen-bond acceptors (Lipinski definition) is 1. The van der Waals surface area contributed by atoms with Crippen molar-refractivity contribution < 1.29 is 4.74 Å². The molecule has 0 saturated carbocycles. The molecule has 0 aliphatic heterocycles. The van der Waals surface area contributed by atoms with Gasteiger partial charge in [0.25, 0.3) is 0 Å². The van der Waals surface area contributed by atoms with Gasteiger partial charge in [-0.25, -0.2) is 0 Å². The van der Waals surface area contributed by atoms with Crippen molar-refractivity contribution in [2.45, 2.75) is 39.2 Å². The van der Waals surface area contributed by atoms with Gasteiger partial charge in [0.1, 0.15) is 5.75 Å². The molecule has 0 N–H and O–H groups in total. The Hall–Kier alpha value is -0.500. The molecule has 0 unspecified atom stereocenters. The largest absolute Gasteiger partial charge is 0.491 e. The zero-order chi connectivity index (χ0) is 11.5. The number of rotatable bonds is 4. The fraction of sp³-hybridized carbons (Fsp3) is 0.538. The standard InChI is InChI=1S/C13H19BrO/c1-10(2)15-12-8-6-5-7-11(12)13(3,4)9-14/h5-8,10H,9H2,1-4H3. The molecular formula is C13H19BrO. The van der Waals surface area contributed by atoms with Crippen LogP contribution in [0.3, 0.4) is 0 Å². The minimum Gasteiger partial charge on any atom is -0.491 e. The summed E-state index contributed by atoms with van der Waals surface area (Å²) >= 11 is 3.55. The molecule has 0 aliphatic rings. The lowest BCUT2D eigenvalue weighted by atomic mass is 9.86. The van der Waals surface area contributed by atoms with E-state index in [0.29, 0.717) is 0 Å². The summed E-state index contributed by atoms with van der Waals surface area (Å²) in [5.41, 5.74) is 1.36. The molecule has 0 aliphatic carbocycles. The molecule has 1 nitrogen and oxygen atoms in total. The highest BCUT2D eigenvalue weighted by Gasteiger charge is 2.23. The first-order valence-electron chi connectivity index (χ1n) is 5.29. The number of benzene rings is 1. The summed E-state index contributed by atoms with van der Waals surface area (Å²) in [6.07, 6.45) is 0.220. The summed E-state index contributed by atoms with van der Waals surface area (Å²) in [5.74, 6) is 0.997. The lowest BCUT2D eigenvalue weighted by Crippen LogP contribution is -2.21. The predicted octanol–water partition coefficient (Wildman–Crippen LogP) is 4.15. The van der Waals surface area contributed by atoms with Crippen LogP contribution in [0.25, 0.3) is 0 Å². The van der Waals surface area contributed by atoms with Gasteiger partial charge in [-0.15, -0.1) is 0 Å². The average Bonchev–Trinajstić information content (AvgIpc) is 2.17. The normalized spacial score (nSPS) is 11.9. The maximum Gasteiger partial charge on any atom is 0.123 e. The Kier molecular flexibility index (Phi) is 4.21. The first kappa shape index (κ1) is 12.6. The van der Waals surface area contributed by atoms with E-state index in [0.717, 1.165) is 11.1 Å². The van der Waals surface area contributed by atoms with Crippen LogP contribution in [0.15, 0.2) is 24.3 Å². The van der Waals surface area contributed by atoms with Crippen LogP contribution in [0.5, 0.6) is 5.75 Å². The van der Waals surface area contributed by atoms with Gasteiger partial charge < -0.3 is 4.74 Å². The van der Waals surface area contributed by atoms with Crippen molar-refractivity contribution in [3.8, 4) is 5.75 Å². The predicted molar refractivity (Wildman–Crippen MR) is 69.0 cm³/mol. The van der Waals surface area contributed by atoms with E-state index in [-0.39, 0.29) is 11.5 Å². The molecule has 15 heavy (non-hydrogen) atoms. The highest BCUT2D eigenvalue weighted by Crippen LogP contribution is 2.33. The quantitative estimate of drug-likeness (QED) is 0.747. The summed E-state index contributed by atoms with van der Waals surface area (Å²) in [5, 5.41) is 0.929. The van der Waals surface area contributed by atoms with Gasteiger partial charge in [-0.05, 0) is 19.9 Å². The van der Waals surface area contributed by atoms with Gasteiger partial charge in [0.2, 0.25) is 0 Å². The van der Waals surface area contributed by atoms with Crippen molar-refractivity contribution in [1.82, 2.24) is 0 Å². The second-order valence-corrected chi connectivity index (χ2v) is 5.24. The Bertz CT molecular complexity index is 318. The third kappa shape index (κ3) is 3.23.